The number of ether oxygens (including phenoxy) is 1. The average Bonchev–Trinajstić information content (AvgIpc) is 3.00. The van der Waals surface area contributed by atoms with Gasteiger partial charge in [0.1, 0.15) is 5.75 Å². The van der Waals surface area contributed by atoms with Crippen LogP contribution in [0.4, 0.5) is 0 Å². The molecule has 6 heteroatoms. The molecule has 1 aromatic rings. The Kier molecular flexibility index (Phi) is 3.14. The molecule has 2 N–H and O–H groups in total. The van der Waals surface area contributed by atoms with Gasteiger partial charge in [-0.05, 0) is 37.3 Å². The Morgan fingerprint density at radius 2 is 2.12 bits per heavy atom. The molecule has 0 aromatic heterocycles. The summed E-state index contributed by atoms with van der Waals surface area (Å²) in [5.41, 5.74) is 0. The second-order valence-electron chi connectivity index (χ2n) is 3.67. The van der Waals surface area contributed by atoms with Gasteiger partial charge in [-0.3, -0.25) is 0 Å². The Balaban J connectivity index is 2.33. The fraction of sp³-hybridized carbons (Fsp3) is 0.400. The van der Waals surface area contributed by atoms with Crippen molar-refractivity contribution in [2.75, 3.05) is 6.26 Å². The number of sulfonamides is 1. The smallest absolute Gasteiger partial charge is 0.238 e. The maximum absolute atomic E-state index is 11.2. The highest BCUT2D eigenvalue weighted by Crippen LogP contribution is 2.34. The van der Waals surface area contributed by atoms with Crippen molar-refractivity contribution in [3.05, 3.63) is 18.2 Å². The third-order valence-electron chi connectivity index (χ3n) is 2.28. The van der Waals surface area contributed by atoms with Gasteiger partial charge in [-0.25, -0.2) is 13.6 Å². The van der Waals surface area contributed by atoms with Crippen LogP contribution >= 0.6 is 11.8 Å². The summed E-state index contributed by atoms with van der Waals surface area (Å²) < 4.78 is 28.0. The molecule has 0 saturated heterocycles. The molecular weight excluding hydrogens is 246 g/mol. The maximum atomic E-state index is 11.2. The maximum Gasteiger partial charge on any atom is 0.238 e. The molecule has 0 amide bonds. The summed E-state index contributed by atoms with van der Waals surface area (Å²) in [6, 6.07) is 4.70. The van der Waals surface area contributed by atoms with Crippen molar-refractivity contribution in [2.45, 2.75) is 28.7 Å². The summed E-state index contributed by atoms with van der Waals surface area (Å²) in [5.74, 6) is 0.738. The van der Waals surface area contributed by atoms with Crippen molar-refractivity contribution in [2.24, 2.45) is 5.14 Å². The molecule has 1 aliphatic rings. The SMILES string of the molecule is CSc1cc(S(N)(=O)=O)ccc1OC1CC1. The zero-order valence-electron chi connectivity index (χ0n) is 8.84. The molecule has 1 saturated carbocycles. The highest BCUT2D eigenvalue weighted by atomic mass is 32.2. The van der Waals surface area contributed by atoms with Gasteiger partial charge < -0.3 is 4.74 Å². The van der Waals surface area contributed by atoms with Crippen LogP contribution in [0.3, 0.4) is 0 Å². The van der Waals surface area contributed by atoms with E-state index in [9.17, 15) is 8.42 Å². The largest absolute Gasteiger partial charge is 0.489 e. The summed E-state index contributed by atoms with van der Waals surface area (Å²) >= 11 is 1.45. The number of primary sulfonamides is 1. The van der Waals surface area contributed by atoms with Gasteiger partial charge in [-0.15, -0.1) is 11.8 Å². The van der Waals surface area contributed by atoms with Crippen molar-refractivity contribution in [1.82, 2.24) is 0 Å². The van der Waals surface area contributed by atoms with Crippen molar-refractivity contribution in [3.63, 3.8) is 0 Å². The molecule has 1 aliphatic carbocycles. The summed E-state index contributed by atoms with van der Waals surface area (Å²) in [6.07, 6.45) is 4.32. The summed E-state index contributed by atoms with van der Waals surface area (Å²) in [5, 5.41) is 5.07. The minimum absolute atomic E-state index is 0.125. The predicted molar refractivity (Wildman–Crippen MR) is 63.2 cm³/mol. The first-order chi connectivity index (χ1) is 7.50. The van der Waals surface area contributed by atoms with Crippen LogP contribution in [-0.2, 0) is 10.0 Å². The molecule has 2 rings (SSSR count). The van der Waals surface area contributed by atoms with Gasteiger partial charge in [-0.2, -0.15) is 0 Å². The first-order valence-corrected chi connectivity index (χ1v) is 7.65. The molecule has 0 aliphatic heterocycles. The third-order valence-corrected chi connectivity index (χ3v) is 3.95. The molecule has 0 heterocycles. The van der Waals surface area contributed by atoms with Crippen molar-refractivity contribution in [1.29, 1.82) is 0 Å². The summed E-state index contributed by atoms with van der Waals surface area (Å²) in [4.78, 5) is 0.929. The van der Waals surface area contributed by atoms with Gasteiger partial charge in [-0.1, -0.05) is 0 Å². The lowest BCUT2D eigenvalue weighted by atomic mass is 10.3. The van der Waals surface area contributed by atoms with Gasteiger partial charge >= 0.3 is 0 Å². The second-order valence-corrected chi connectivity index (χ2v) is 6.08. The molecule has 0 radical (unpaired) electrons. The van der Waals surface area contributed by atoms with Crippen LogP contribution < -0.4 is 9.88 Å². The highest BCUT2D eigenvalue weighted by Gasteiger charge is 2.24. The molecule has 0 bridgehead atoms. The molecule has 0 atom stereocenters. The number of hydrogen-bond donors (Lipinski definition) is 1. The zero-order valence-corrected chi connectivity index (χ0v) is 10.5. The van der Waals surface area contributed by atoms with Crippen LogP contribution in [0.2, 0.25) is 0 Å². The number of thioether (sulfide) groups is 1. The van der Waals surface area contributed by atoms with E-state index in [4.69, 9.17) is 9.88 Å². The molecule has 1 aromatic carbocycles. The van der Waals surface area contributed by atoms with Crippen LogP contribution in [0.15, 0.2) is 28.0 Å². The van der Waals surface area contributed by atoms with E-state index in [1.54, 1.807) is 12.1 Å². The van der Waals surface area contributed by atoms with Gasteiger partial charge in [0.25, 0.3) is 0 Å². The van der Waals surface area contributed by atoms with Crippen LogP contribution in [0.5, 0.6) is 5.75 Å². The first kappa shape index (κ1) is 11.8. The molecule has 0 spiro atoms. The molecule has 16 heavy (non-hydrogen) atoms. The van der Waals surface area contributed by atoms with E-state index in [1.165, 1.54) is 17.8 Å². The number of benzene rings is 1. The van der Waals surface area contributed by atoms with E-state index >= 15 is 0 Å². The van der Waals surface area contributed by atoms with Gasteiger partial charge in [0.15, 0.2) is 0 Å². The molecule has 4 nitrogen and oxygen atoms in total. The van der Waals surface area contributed by atoms with E-state index in [-0.39, 0.29) is 4.90 Å². The van der Waals surface area contributed by atoms with Gasteiger partial charge in [0, 0.05) is 0 Å². The van der Waals surface area contributed by atoms with Gasteiger partial charge in [0.2, 0.25) is 10.0 Å². The lowest BCUT2D eigenvalue weighted by Crippen LogP contribution is -2.12. The van der Waals surface area contributed by atoms with Crippen molar-refractivity contribution >= 4 is 21.8 Å². The number of rotatable bonds is 4. The molecule has 1 fully saturated rings. The topological polar surface area (TPSA) is 69.4 Å². The lowest BCUT2D eigenvalue weighted by Gasteiger charge is -2.10. The Hall–Kier alpha value is -0.720. The Morgan fingerprint density at radius 1 is 1.44 bits per heavy atom. The fourth-order valence-electron chi connectivity index (χ4n) is 1.29. The van der Waals surface area contributed by atoms with Crippen LogP contribution in [0.1, 0.15) is 12.8 Å². The number of hydrogen-bond acceptors (Lipinski definition) is 4. The van der Waals surface area contributed by atoms with Crippen LogP contribution in [-0.4, -0.2) is 20.8 Å². The Bertz CT molecular complexity index is 495. The summed E-state index contributed by atoms with van der Waals surface area (Å²) in [7, 11) is -3.63. The fourth-order valence-corrected chi connectivity index (χ4v) is 2.46. The minimum Gasteiger partial charge on any atom is -0.489 e. The highest BCUT2D eigenvalue weighted by molar-refractivity contribution is 7.98. The zero-order chi connectivity index (χ0) is 11.8. The summed E-state index contributed by atoms with van der Waals surface area (Å²) in [6.45, 7) is 0. The van der Waals surface area contributed by atoms with E-state index in [2.05, 4.69) is 0 Å². The van der Waals surface area contributed by atoms with Crippen molar-refractivity contribution in [3.8, 4) is 5.75 Å². The van der Waals surface area contributed by atoms with Crippen molar-refractivity contribution < 1.29 is 13.2 Å². The minimum atomic E-state index is -3.63. The average molecular weight is 259 g/mol. The van der Waals surface area contributed by atoms with E-state index in [0.29, 0.717) is 6.10 Å². The predicted octanol–water partition coefficient (Wildman–Crippen LogP) is 1.60. The third kappa shape index (κ3) is 2.69. The van der Waals surface area contributed by atoms with E-state index in [1.807, 2.05) is 6.26 Å². The number of nitrogens with two attached hydrogens (primary N) is 1. The molecule has 0 unspecified atom stereocenters. The lowest BCUT2D eigenvalue weighted by molar-refractivity contribution is 0.295. The molecular formula is C10H13NO3S2. The second kappa shape index (κ2) is 4.27. The van der Waals surface area contributed by atoms with E-state index < -0.39 is 10.0 Å². The quantitative estimate of drug-likeness (QED) is 0.834. The first-order valence-electron chi connectivity index (χ1n) is 4.88. The normalized spacial score (nSPS) is 16.1. The Labute approximate surface area is 99.2 Å². The standard InChI is InChI=1S/C10H13NO3S2/c1-15-10-6-8(16(11,12)13)4-5-9(10)14-7-2-3-7/h4-7H,2-3H2,1H3,(H2,11,12,13). The Morgan fingerprint density at radius 3 is 2.62 bits per heavy atom. The molecule has 88 valence electrons. The monoisotopic (exact) mass is 259 g/mol. The van der Waals surface area contributed by atoms with E-state index in [0.717, 1.165) is 23.5 Å². The van der Waals surface area contributed by atoms with Gasteiger partial charge in [0.05, 0.1) is 15.9 Å². The van der Waals surface area contributed by atoms with Crippen LogP contribution in [0.25, 0.3) is 0 Å². The van der Waals surface area contributed by atoms with Crippen LogP contribution in [0, 0.1) is 0 Å².